The van der Waals surface area contributed by atoms with E-state index in [9.17, 15) is 9.59 Å². The molecule has 1 aliphatic rings. The molecule has 3 aromatic carbocycles. The summed E-state index contributed by atoms with van der Waals surface area (Å²) in [5, 5.41) is 1.04. The molecule has 246 valence electrons. The first-order valence-corrected chi connectivity index (χ1v) is 16.9. The van der Waals surface area contributed by atoms with Crippen LogP contribution in [-0.2, 0) is 16.1 Å². The molecule has 0 saturated heterocycles. The molecule has 0 bridgehead atoms. The summed E-state index contributed by atoms with van der Waals surface area (Å²) >= 11 is 17.2. The van der Waals surface area contributed by atoms with Crippen LogP contribution in [0.2, 0.25) is 10.0 Å². The minimum absolute atomic E-state index is 0.162. The van der Waals surface area contributed by atoms with Crippen molar-refractivity contribution in [2.45, 2.75) is 33.4 Å². The molecule has 0 radical (unpaired) electrons. The van der Waals surface area contributed by atoms with Gasteiger partial charge in [-0.15, -0.1) is 0 Å². The molecule has 9 nitrogen and oxygen atoms in total. The van der Waals surface area contributed by atoms with E-state index in [1.165, 1.54) is 30.1 Å². The fourth-order valence-electron chi connectivity index (χ4n) is 5.11. The van der Waals surface area contributed by atoms with E-state index in [2.05, 4.69) is 20.9 Å². The van der Waals surface area contributed by atoms with E-state index < -0.39 is 12.0 Å². The lowest BCUT2D eigenvalue weighted by Gasteiger charge is -2.26. The Kier molecular flexibility index (Phi) is 11.0. The molecule has 0 aliphatic carbocycles. The van der Waals surface area contributed by atoms with Crippen molar-refractivity contribution >= 4 is 62.5 Å². The van der Waals surface area contributed by atoms with Gasteiger partial charge >= 0.3 is 5.97 Å². The fourth-order valence-corrected chi connectivity index (χ4v) is 7.16. The molecule has 1 aromatic heterocycles. The van der Waals surface area contributed by atoms with E-state index >= 15 is 0 Å². The highest BCUT2D eigenvalue weighted by Crippen LogP contribution is 2.41. The molecule has 5 rings (SSSR count). The number of nitrogens with zero attached hydrogens (tertiary/aromatic N) is 2. The summed E-state index contributed by atoms with van der Waals surface area (Å²) in [5.74, 6) is 1.39. The van der Waals surface area contributed by atoms with Crippen LogP contribution in [0.1, 0.15) is 43.5 Å². The molecule has 0 unspecified atom stereocenters. The zero-order valence-electron chi connectivity index (χ0n) is 26.2. The zero-order chi connectivity index (χ0) is 33.8. The summed E-state index contributed by atoms with van der Waals surface area (Å²) in [4.78, 5) is 32.6. The van der Waals surface area contributed by atoms with Crippen LogP contribution in [0.5, 0.6) is 23.0 Å². The highest BCUT2D eigenvalue weighted by atomic mass is 79.9. The first-order valence-electron chi connectivity index (χ1n) is 14.5. The molecule has 0 amide bonds. The third-order valence-corrected chi connectivity index (χ3v) is 9.53. The maximum atomic E-state index is 14.2. The van der Waals surface area contributed by atoms with E-state index in [1.54, 1.807) is 62.4 Å². The Hall–Kier alpha value is -3.77. The van der Waals surface area contributed by atoms with Crippen molar-refractivity contribution in [1.82, 2.24) is 4.57 Å². The van der Waals surface area contributed by atoms with Gasteiger partial charge in [0.1, 0.15) is 6.61 Å². The summed E-state index contributed by atoms with van der Waals surface area (Å²) in [6.07, 6.45) is 1.75. The summed E-state index contributed by atoms with van der Waals surface area (Å²) in [6, 6.07) is 13.2. The maximum Gasteiger partial charge on any atom is 0.338 e. The molecule has 13 heteroatoms. The highest BCUT2D eigenvalue weighted by Gasteiger charge is 2.35. The van der Waals surface area contributed by atoms with Crippen molar-refractivity contribution in [2.24, 2.45) is 4.99 Å². The first-order chi connectivity index (χ1) is 22.6. The average Bonchev–Trinajstić information content (AvgIpc) is 3.34. The predicted molar refractivity (Wildman–Crippen MR) is 186 cm³/mol. The van der Waals surface area contributed by atoms with E-state index in [4.69, 9.17) is 46.9 Å². The van der Waals surface area contributed by atoms with Gasteiger partial charge < -0.3 is 23.7 Å². The quantitative estimate of drug-likeness (QED) is 0.154. The predicted octanol–water partition coefficient (Wildman–Crippen LogP) is 6.86. The lowest BCUT2D eigenvalue weighted by atomic mass is 9.95. The van der Waals surface area contributed by atoms with Crippen LogP contribution in [0.3, 0.4) is 0 Å². The Bertz CT molecular complexity index is 2060. The van der Waals surface area contributed by atoms with Gasteiger partial charge in [0, 0.05) is 20.1 Å². The zero-order valence-corrected chi connectivity index (χ0v) is 30.1. The average molecular weight is 763 g/mol. The van der Waals surface area contributed by atoms with Crippen molar-refractivity contribution in [3.05, 3.63) is 111 Å². The van der Waals surface area contributed by atoms with Gasteiger partial charge in [-0.25, -0.2) is 9.79 Å². The number of benzene rings is 3. The van der Waals surface area contributed by atoms with Crippen LogP contribution < -0.4 is 33.8 Å². The van der Waals surface area contributed by atoms with Crippen molar-refractivity contribution in [1.29, 1.82) is 0 Å². The Labute approximate surface area is 293 Å². The number of carbonyl (C=O) groups excluding carboxylic acids is 1. The number of fused-ring (bicyclic) bond motifs is 1. The summed E-state index contributed by atoms with van der Waals surface area (Å²) in [5.41, 5.74) is 2.45. The number of esters is 1. The number of halogens is 3. The van der Waals surface area contributed by atoms with E-state index in [0.29, 0.717) is 70.3 Å². The molecule has 0 saturated carbocycles. The van der Waals surface area contributed by atoms with Crippen LogP contribution in [0.15, 0.2) is 74.1 Å². The normalized spacial score (nSPS) is 14.4. The molecule has 0 fully saturated rings. The molecule has 0 N–H and O–H groups in total. The molecule has 1 aliphatic heterocycles. The van der Waals surface area contributed by atoms with Gasteiger partial charge in [0.25, 0.3) is 5.56 Å². The summed E-state index contributed by atoms with van der Waals surface area (Å²) in [7, 11) is 3.07. The fraction of sp³-hybridized carbons (Fsp3) is 0.265. The van der Waals surface area contributed by atoms with E-state index in [1.807, 2.05) is 13.0 Å². The van der Waals surface area contributed by atoms with Crippen molar-refractivity contribution in [3.8, 4) is 23.0 Å². The van der Waals surface area contributed by atoms with Gasteiger partial charge in [0.2, 0.25) is 0 Å². The molecular weight excluding hydrogens is 731 g/mol. The number of ether oxygens (including phenoxy) is 5. The van der Waals surface area contributed by atoms with Crippen molar-refractivity contribution < 1.29 is 28.5 Å². The van der Waals surface area contributed by atoms with Gasteiger partial charge in [-0.1, -0.05) is 62.6 Å². The number of hydrogen-bond acceptors (Lipinski definition) is 9. The van der Waals surface area contributed by atoms with Crippen LogP contribution >= 0.6 is 50.5 Å². The number of hydrogen-bond donors (Lipinski definition) is 0. The first kappa shape index (κ1) is 34.6. The minimum atomic E-state index is -0.851. The Morgan fingerprint density at radius 3 is 2.40 bits per heavy atom. The molecule has 0 spiro atoms. The van der Waals surface area contributed by atoms with Crippen LogP contribution in [0.25, 0.3) is 6.08 Å². The molecule has 4 aromatic rings. The number of methoxy groups -OCH3 is 2. The van der Waals surface area contributed by atoms with Crippen molar-refractivity contribution in [3.63, 3.8) is 0 Å². The summed E-state index contributed by atoms with van der Waals surface area (Å²) < 4.78 is 30.9. The number of aromatic nitrogens is 1. The lowest BCUT2D eigenvalue weighted by molar-refractivity contribution is -0.139. The largest absolute Gasteiger partial charge is 0.493 e. The van der Waals surface area contributed by atoms with E-state index in [0.717, 1.165) is 5.56 Å². The van der Waals surface area contributed by atoms with Crippen molar-refractivity contribution in [2.75, 3.05) is 27.4 Å². The van der Waals surface area contributed by atoms with E-state index in [-0.39, 0.29) is 24.3 Å². The smallest absolute Gasteiger partial charge is 0.338 e. The van der Waals surface area contributed by atoms with Gasteiger partial charge in [0.05, 0.1) is 49.3 Å². The van der Waals surface area contributed by atoms with Crippen LogP contribution in [-0.4, -0.2) is 38.0 Å². The SMILES string of the molecule is CCOC(=O)C1=C(C)N=c2s/c(=C/c3ccc(OCc4ccc(Cl)cc4Cl)c(OC)c3)c(=O)n2[C@@H]1c1cc(OC)c(OCC)cc1Br. The van der Waals surface area contributed by atoms with Gasteiger partial charge in [-0.2, -0.15) is 0 Å². The molecular formula is C34H31BrCl2N2O7S. The number of thiazole rings is 1. The lowest BCUT2D eigenvalue weighted by Crippen LogP contribution is -2.40. The number of rotatable bonds is 11. The second-order valence-corrected chi connectivity index (χ2v) is 12.9. The third-order valence-electron chi connectivity index (χ3n) is 7.28. The van der Waals surface area contributed by atoms with Crippen LogP contribution in [0, 0.1) is 0 Å². The Morgan fingerprint density at radius 2 is 1.72 bits per heavy atom. The molecule has 47 heavy (non-hydrogen) atoms. The van der Waals surface area contributed by atoms with Gasteiger partial charge in [-0.3, -0.25) is 9.36 Å². The Morgan fingerprint density at radius 1 is 0.979 bits per heavy atom. The summed E-state index contributed by atoms with van der Waals surface area (Å²) in [6.45, 7) is 6.13. The van der Waals surface area contributed by atoms with Gasteiger partial charge in [-0.05, 0) is 74.4 Å². The molecule has 1 atom stereocenters. The Balaban J connectivity index is 1.59. The number of carbonyl (C=O) groups is 1. The highest BCUT2D eigenvalue weighted by molar-refractivity contribution is 9.10. The number of allylic oxidation sites excluding steroid dienone is 1. The minimum Gasteiger partial charge on any atom is -0.493 e. The third kappa shape index (κ3) is 7.23. The molecule has 2 heterocycles. The topological polar surface area (TPSA) is 97.6 Å². The maximum absolute atomic E-state index is 14.2. The van der Waals surface area contributed by atoms with Crippen LogP contribution in [0.4, 0.5) is 0 Å². The monoisotopic (exact) mass is 760 g/mol. The second kappa shape index (κ2) is 15.0. The standard InChI is InChI=1S/C34H31BrCl2N2O7S/c1-6-44-28-16-23(35)22(15-27(28)43-5)31-30(33(41)45-7-2)18(3)38-34-39(31)32(40)29(47-34)13-19-8-11-25(26(12-19)42-4)46-17-20-9-10-21(36)14-24(20)37/h8-16,31H,6-7,17H2,1-5H3/b29-13+/t31-/m1/s1. The van der Waals surface area contributed by atoms with Gasteiger partial charge in [0.15, 0.2) is 27.8 Å². The second-order valence-electron chi connectivity index (χ2n) is 10.2.